The smallest absolute Gasteiger partial charge is 0.270 e. The number of anilines is 1. The Hall–Kier alpha value is -1.61. The van der Waals surface area contributed by atoms with Gasteiger partial charge in [-0.1, -0.05) is 0 Å². The molecule has 0 amide bonds. The molecule has 0 saturated heterocycles. The van der Waals surface area contributed by atoms with E-state index in [9.17, 15) is 10.1 Å². The number of hydrogen-bond donors (Lipinski definition) is 0. The van der Waals surface area contributed by atoms with Gasteiger partial charge in [0.15, 0.2) is 0 Å². The van der Waals surface area contributed by atoms with Gasteiger partial charge in [0.05, 0.1) is 22.6 Å². The molecule has 96 valence electrons. The van der Waals surface area contributed by atoms with E-state index in [4.69, 9.17) is 5.26 Å². The van der Waals surface area contributed by atoms with Crippen LogP contribution in [0.3, 0.4) is 0 Å². The summed E-state index contributed by atoms with van der Waals surface area (Å²) in [5.41, 5.74) is 0.917. The summed E-state index contributed by atoms with van der Waals surface area (Å²) in [5, 5.41) is 19.5. The lowest BCUT2D eigenvalue weighted by molar-refractivity contribution is -0.384. The molecule has 0 N–H and O–H groups in total. The van der Waals surface area contributed by atoms with Crippen molar-refractivity contribution in [2.45, 2.75) is 13.8 Å². The van der Waals surface area contributed by atoms with Crippen LogP contribution in [0.5, 0.6) is 0 Å². The Bertz CT molecular complexity index is 485. The number of nitriles is 1. The van der Waals surface area contributed by atoms with Crippen molar-refractivity contribution in [1.82, 2.24) is 0 Å². The van der Waals surface area contributed by atoms with E-state index in [1.54, 1.807) is 6.07 Å². The molecule has 0 aliphatic rings. The van der Waals surface area contributed by atoms with E-state index < -0.39 is 4.92 Å². The Kier molecular flexibility index (Phi) is 5.10. The van der Waals surface area contributed by atoms with Gasteiger partial charge in [0.25, 0.3) is 5.69 Å². The standard InChI is InChI=1S/C12H14BrN3O2/c1-3-15(8-9(2)7-14)12-5-4-10(16(17)18)6-11(12)13/h4-6,9H,3,8H2,1-2H3. The molecule has 5 nitrogen and oxygen atoms in total. The fourth-order valence-electron chi connectivity index (χ4n) is 1.64. The van der Waals surface area contributed by atoms with Crippen molar-refractivity contribution in [1.29, 1.82) is 5.26 Å². The van der Waals surface area contributed by atoms with Crippen LogP contribution in [0.1, 0.15) is 13.8 Å². The van der Waals surface area contributed by atoms with Crippen LogP contribution in [-0.2, 0) is 0 Å². The molecule has 18 heavy (non-hydrogen) atoms. The van der Waals surface area contributed by atoms with Gasteiger partial charge in [-0.15, -0.1) is 0 Å². The van der Waals surface area contributed by atoms with Crippen molar-refractivity contribution in [3.8, 4) is 6.07 Å². The largest absolute Gasteiger partial charge is 0.370 e. The third-order valence-corrected chi connectivity index (χ3v) is 3.21. The highest BCUT2D eigenvalue weighted by molar-refractivity contribution is 9.10. The van der Waals surface area contributed by atoms with Crippen LogP contribution in [0, 0.1) is 27.4 Å². The summed E-state index contributed by atoms with van der Waals surface area (Å²) < 4.78 is 0.670. The predicted molar refractivity (Wildman–Crippen MR) is 73.5 cm³/mol. The summed E-state index contributed by atoms with van der Waals surface area (Å²) in [6, 6.07) is 6.84. The second-order valence-corrected chi connectivity index (χ2v) is 4.82. The van der Waals surface area contributed by atoms with E-state index in [-0.39, 0.29) is 11.6 Å². The summed E-state index contributed by atoms with van der Waals surface area (Å²) in [6.07, 6.45) is 0. The van der Waals surface area contributed by atoms with Crippen molar-refractivity contribution in [2.75, 3.05) is 18.0 Å². The highest BCUT2D eigenvalue weighted by Gasteiger charge is 2.15. The Morgan fingerprint density at radius 2 is 2.28 bits per heavy atom. The zero-order valence-electron chi connectivity index (χ0n) is 10.3. The van der Waals surface area contributed by atoms with Crippen LogP contribution < -0.4 is 4.90 Å². The van der Waals surface area contributed by atoms with Crippen LogP contribution in [0.2, 0.25) is 0 Å². The second kappa shape index (κ2) is 6.36. The highest BCUT2D eigenvalue weighted by Crippen LogP contribution is 2.30. The first-order valence-electron chi connectivity index (χ1n) is 5.58. The molecule has 0 aliphatic heterocycles. The molecule has 0 radical (unpaired) electrons. The summed E-state index contributed by atoms with van der Waals surface area (Å²) in [6.45, 7) is 5.17. The number of benzene rings is 1. The molecular formula is C12H14BrN3O2. The van der Waals surface area contributed by atoms with Gasteiger partial charge in [0, 0.05) is 29.7 Å². The van der Waals surface area contributed by atoms with Gasteiger partial charge in [0.1, 0.15) is 0 Å². The first kappa shape index (κ1) is 14.5. The minimum Gasteiger partial charge on any atom is -0.370 e. The summed E-state index contributed by atoms with van der Waals surface area (Å²) in [5.74, 6) is -0.0907. The maximum Gasteiger partial charge on any atom is 0.270 e. The summed E-state index contributed by atoms with van der Waals surface area (Å²) >= 11 is 3.34. The molecule has 1 unspecified atom stereocenters. The molecule has 1 aromatic rings. The van der Waals surface area contributed by atoms with Crippen LogP contribution in [0.15, 0.2) is 22.7 Å². The minimum atomic E-state index is -0.428. The summed E-state index contributed by atoms with van der Waals surface area (Å²) in [4.78, 5) is 12.2. The van der Waals surface area contributed by atoms with Gasteiger partial charge >= 0.3 is 0 Å². The Balaban J connectivity index is 3.00. The van der Waals surface area contributed by atoms with Crippen molar-refractivity contribution < 1.29 is 4.92 Å². The number of non-ortho nitro benzene ring substituents is 1. The first-order chi connectivity index (χ1) is 8.49. The molecule has 1 aromatic carbocycles. The lowest BCUT2D eigenvalue weighted by Gasteiger charge is -2.25. The molecule has 0 saturated carbocycles. The number of halogens is 1. The zero-order chi connectivity index (χ0) is 13.7. The average Bonchev–Trinajstić information content (AvgIpc) is 2.35. The van der Waals surface area contributed by atoms with Crippen LogP contribution in [-0.4, -0.2) is 18.0 Å². The van der Waals surface area contributed by atoms with Crippen molar-refractivity contribution in [2.24, 2.45) is 5.92 Å². The van der Waals surface area contributed by atoms with E-state index in [0.717, 1.165) is 12.2 Å². The minimum absolute atomic E-state index is 0.0509. The van der Waals surface area contributed by atoms with Crippen molar-refractivity contribution in [3.63, 3.8) is 0 Å². The number of nitrogens with zero attached hydrogens (tertiary/aromatic N) is 3. The van der Waals surface area contributed by atoms with Crippen molar-refractivity contribution >= 4 is 27.3 Å². The monoisotopic (exact) mass is 311 g/mol. The lowest BCUT2D eigenvalue weighted by Crippen LogP contribution is -2.28. The van der Waals surface area contributed by atoms with Gasteiger partial charge in [-0.2, -0.15) is 5.26 Å². The molecular weight excluding hydrogens is 298 g/mol. The molecule has 1 atom stereocenters. The molecule has 0 aromatic heterocycles. The Morgan fingerprint density at radius 1 is 1.61 bits per heavy atom. The van der Waals surface area contributed by atoms with Gasteiger partial charge in [-0.25, -0.2) is 0 Å². The predicted octanol–water partition coefficient (Wildman–Crippen LogP) is 3.34. The topological polar surface area (TPSA) is 70.2 Å². The number of hydrogen-bond acceptors (Lipinski definition) is 4. The van der Waals surface area contributed by atoms with E-state index in [2.05, 4.69) is 22.0 Å². The fraction of sp³-hybridized carbons (Fsp3) is 0.417. The molecule has 0 aliphatic carbocycles. The van der Waals surface area contributed by atoms with Crippen molar-refractivity contribution in [3.05, 3.63) is 32.8 Å². The molecule has 0 bridgehead atoms. The number of rotatable bonds is 5. The zero-order valence-corrected chi connectivity index (χ0v) is 11.8. The molecule has 6 heteroatoms. The van der Waals surface area contributed by atoms with Gasteiger partial charge in [-0.05, 0) is 35.8 Å². The molecule has 0 fully saturated rings. The maximum atomic E-state index is 10.7. The SMILES string of the molecule is CCN(CC(C)C#N)c1ccc([N+](=O)[O-])cc1Br. The lowest BCUT2D eigenvalue weighted by atomic mass is 10.1. The Labute approximate surface area is 114 Å². The number of nitro groups is 1. The second-order valence-electron chi connectivity index (χ2n) is 3.96. The molecule has 0 spiro atoms. The van der Waals surface area contributed by atoms with E-state index in [1.165, 1.54) is 12.1 Å². The third kappa shape index (κ3) is 3.44. The van der Waals surface area contributed by atoms with E-state index >= 15 is 0 Å². The summed E-state index contributed by atoms with van der Waals surface area (Å²) in [7, 11) is 0. The van der Waals surface area contributed by atoms with E-state index in [1.807, 2.05) is 18.7 Å². The third-order valence-electron chi connectivity index (χ3n) is 2.58. The van der Waals surface area contributed by atoms with Gasteiger partial charge < -0.3 is 4.90 Å². The quantitative estimate of drug-likeness (QED) is 0.617. The molecule has 1 rings (SSSR count). The van der Waals surface area contributed by atoms with Crippen LogP contribution in [0.25, 0.3) is 0 Å². The Morgan fingerprint density at radius 3 is 2.72 bits per heavy atom. The maximum absolute atomic E-state index is 10.7. The highest BCUT2D eigenvalue weighted by atomic mass is 79.9. The molecule has 0 heterocycles. The fourth-order valence-corrected chi connectivity index (χ4v) is 2.25. The van der Waals surface area contributed by atoms with Crippen LogP contribution >= 0.6 is 15.9 Å². The normalized spacial score (nSPS) is 11.7. The average molecular weight is 312 g/mol. The van der Waals surface area contributed by atoms with Crippen LogP contribution in [0.4, 0.5) is 11.4 Å². The van der Waals surface area contributed by atoms with Gasteiger partial charge in [-0.3, -0.25) is 10.1 Å². The first-order valence-corrected chi connectivity index (χ1v) is 6.37. The van der Waals surface area contributed by atoms with Gasteiger partial charge in [0.2, 0.25) is 0 Å². The number of nitro benzene ring substituents is 1. The van der Waals surface area contributed by atoms with E-state index in [0.29, 0.717) is 11.0 Å².